The highest BCUT2D eigenvalue weighted by atomic mass is 16.6. The molecular formula is C21H25NO4. The topological polar surface area (TPSA) is 55.8 Å². The normalized spacial score (nSPS) is 31.5. The van der Waals surface area contributed by atoms with Crippen LogP contribution in [-0.4, -0.2) is 36.7 Å². The number of carbonyl (C=O) groups is 2. The van der Waals surface area contributed by atoms with Gasteiger partial charge in [-0.2, -0.15) is 0 Å². The number of amides is 1. The molecule has 0 aliphatic carbocycles. The molecule has 3 aliphatic rings. The zero-order valence-electron chi connectivity index (χ0n) is 15.3. The van der Waals surface area contributed by atoms with Gasteiger partial charge in [0.1, 0.15) is 11.5 Å². The maximum absolute atomic E-state index is 13.3. The van der Waals surface area contributed by atoms with E-state index >= 15 is 0 Å². The number of anilines is 1. The largest absolute Gasteiger partial charge is 0.465 e. The van der Waals surface area contributed by atoms with Gasteiger partial charge < -0.3 is 14.4 Å². The summed E-state index contributed by atoms with van der Waals surface area (Å²) in [4.78, 5) is 27.7. The number of fused-ring (bicyclic) bond motifs is 1. The summed E-state index contributed by atoms with van der Waals surface area (Å²) in [6, 6.07) is 7.94. The Bertz CT molecular complexity index is 758. The van der Waals surface area contributed by atoms with Crippen LogP contribution in [0, 0.1) is 11.8 Å². The number of unbranched alkanes of at least 4 members (excludes halogenated alkanes) is 1. The second-order valence-corrected chi connectivity index (χ2v) is 7.33. The fraction of sp³-hybridized carbons (Fsp3) is 0.524. The lowest BCUT2D eigenvalue weighted by Crippen LogP contribution is -2.40. The maximum atomic E-state index is 13.3. The summed E-state index contributed by atoms with van der Waals surface area (Å²) in [6.45, 7) is 4.99. The van der Waals surface area contributed by atoms with E-state index in [0.29, 0.717) is 13.2 Å². The molecule has 2 bridgehead atoms. The molecule has 1 aromatic rings. The van der Waals surface area contributed by atoms with E-state index in [1.807, 2.05) is 36.4 Å². The van der Waals surface area contributed by atoms with E-state index in [1.54, 1.807) is 4.90 Å². The minimum atomic E-state index is -0.697. The first kappa shape index (κ1) is 17.3. The van der Waals surface area contributed by atoms with Crippen LogP contribution in [0.5, 0.6) is 0 Å². The number of rotatable bonds is 6. The number of carbonyl (C=O) groups excluding carboxylic acids is 2. The molecule has 5 heteroatoms. The molecule has 2 saturated heterocycles. The first-order chi connectivity index (χ1) is 12.6. The molecule has 5 nitrogen and oxygen atoms in total. The highest BCUT2D eigenvalue weighted by Gasteiger charge is 2.67. The molecule has 26 heavy (non-hydrogen) atoms. The average molecular weight is 355 g/mol. The van der Waals surface area contributed by atoms with Crippen LogP contribution >= 0.6 is 0 Å². The van der Waals surface area contributed by atoms with Crippen molar-refractivity contribution in [3.63, 3.8) is 0 Å². The van der Waals surface area contributed by atoms with E-state index in [9.17, 15) is 9.59 Å². The Morgan fingerprint density at radius 2 is 2.15 bits per heavy atom. The highest BCUT2D eigenvalue weighted by Crippen LogP contribution is 2.53. The molecular weight excluding hydrogens is 330 g/mol. The van der Waals surface area contributed by atoms with Gasteiger partial charge in [-0.05, 0) is 24.5 Å². The summed E-state index contributed by atoms with van der Waals surface area (Å²) in [5, 5.41) is 0. The Morgan fingerprint density at radius 1 is 1.35 bits per heavy atom. The number of benzene rings is 1. The minimum Gasteiger partial charge on any atom is -0.465 e. The lowest BCUT2D eigenvalue weighted by Gasteiger charge is -2.23. The third-order valence-electron chi connectivity index (χ3n) is 5.78. The number of esters is 1. The van der Waals surface area contributed by atoms with Gasteiger partial charge >= 0.3 is 5.97 Å². The lowest BCUT2D eigenvalue weighted by molar-refractivity contribution is -0.152. The minimum absolute atomic E-state index is 0.0322. The van der Waals surface area contributed by atoms with Gasteiger partial charge in [0.2, 0.25) is 5.91 Å². The van der Waals surface area contributed by atoms with Crippen LogP contribution in [0.1, 0.15) is 32.3 Å². The van der Waals surface area contributed by atoms with Crippen molar-refractivity contribution >= 4 is 17.6 Å². The molecule has 0 aromatic heterocycles. The van der Waals surface area contributed by atoms with E-state index < -0.39 is 17.4 Å². The monoisotopic (exact) mass is 355 g/mol. The Labute approximate surface area is 154 Å². The van der Waals surface area contributed by atoms with Gasteiger partial charge in [0, 0.05) is 5.69 Å². The summed E-state index contributed by atoms with van der Waals surface area (Å²) in [6.07, 6.45) is 6.20. The molecule has 3 heterocycles. The van der Waals surface area contributed by atoms with Crippen LogP contribution in [0.3, 0.4) is 0 Å². The van der Waals surface area contributed by atoms with Gasteiger partial charge in [0.05, 0.1) is 25.2 Å². The lowest BCUT2D eigenvalue weighted by atomic mass is 9.77. The first-order valence-corrected chi connectivity index (χ1v) is 9.54. The van der Waals surface area contributed by atoms with Gasteiger partial charge in [0.25, 0.3) is 0 Å². The Kier molecular flexibility index (Phi) is 4.35. The van der Waals surface area contributed by atoms with Gasteiger partial charge in [-0.3, -0.25) is 9.59 Å². The fourth-order valence-electron chi connectivity index (χ4n) is 4.46. The van der Waals surface area contributed by atoms with Gasteiger partial charge in [-0.1, -0.05) is 50.6 Å². The molecule has 0 radical (unpaired) electrons. The van der Waals surface area contributed by atoms with Crippen molar-refractivity contribution in [2.45, 2.75) is 44.8 Å². The smallest absolute Gasteiger partial charge is 0.312 e. The van der Waals surface area contributed by atoms with Crippen molar-refractivity contribution in [3.05, 3.63) is 42.0 Å². The summed E-state index contributed by atoms with van der Waals surface area (Å²) in [5.74, 6) is -1.37. The number of para-hydroxylation sites is 1. The van der Waals surface area contributed by atoms with Crippen molar-refractivity contribution in [2.75, 3.05) is 18.1 Å². The summed E-state index contributed by atoms with van der Waals surface area (Å²) in [7, 11) is 0. The van der Waals surface area contributed by atoms with Crippen molar-refractivity contribution in [1.29, 1.82) is 0 Å². The number of hydrogen-bond donors (Lipinski definition) is 0. The molecule has 1 amide bonds. The van der Waals surface area contributed by atoms with E-state index in [4.69, 9.17) is 9.47 Å². The number of nitrogens with zero attached hydrogens (tertiary/aromatic N) is 1. The predicted molar refractivity (Wildman–Crippen MR) is 97.8 cm³/mol. The van der Waals surface area contributed by atoms with Crippen LogP contribution in [0.15, 0.2) is 36.4 Å². The summed E-state index contributed by atoms with van der Waals surface area (Å²) in [5.41, 5.74) is 1.34. The zero-order valence-corrected chi connectivity index (χ0v) is 15.3. The van der Waals surface area contributed by atoms with Crippen LogP contribution in [0.2, 0.25) is 0 Å². The van der Waals surface area contributed by atoms with Crippen LogP contribution in [-0.2, 0) is 25.5 Å². The third kappa shape index (κ3) is 2.49. The molecule has 138 valence electrons. The number of hydrogen-bond acceptors (Lipinski definition) is 4. The second kappa shape index (κ2) is 6.54. The van der Waals surface area contributed by atoms with E-state index in [2.05, 4.69) is 13.8 Å². The fourth-order valence-corrected chi connectivity index (χ4v) is 4.46. The van der Waals surface area contributed by atoms with E-state index in [-0.39, 0.29) is 18.0 Å². The number of ether oxygens (including phenoxy) is 2. The Balaban J connectivity index is 1.62. The van der Waals surface area contributed by atoms with Crippen LogP contribution in [0.25, 0.3) is 0 Å². The Morgan fingerprint density at radius 3 is 2.92 bits per heavy atom. The third-order valence-corrected chi connectivity index (χ3v) is 5.78. The molecule has 1 aromatic carbocycles. The highest BCUT2D eigenvalue weighted by molar-refractivity contribution is 6.03. The van der Waals surface area contributed by atoms with E-state index in [1.165, 1.54) is 0 Å². The second-order valence-electron chi connectivity index (χ2n) is 7.33. The van der Waals surface area contributed by atoms with E-state index in [0.717, 1.165) is 30.5 Å². The molecule has 1 spiro atoms. The first-order valence-electron chi connectivity index (χ1n) is 9.54. The Hall–Kier alpha value is -2.14. The molecule has 2 fully saturated rings. The van der Waals surface area contributed by atoms with Crippen molar-refractivity contribution in [1.82, 2.24) is 0 Å². The average Bonchev–Trinajstić information content (AvgIpc) is 3.30. The summed E-state index contributed by atoms with van der Waals surface area (Å²) >= 11 is 0. The zero-order chi connectivity index (χ0) is 18.3. The molecule has 0 N–H and O–H groups in total. The molecule has 4 rings (SSSR count). The molecule has 4 atom stereocenters. The SMILES string of the molecule is CCCCOC(=O)C1[C@@H]2C=C[C@]3(CN(c4ccccc4CC)C(=O)[C@H]13)O2. The van der Waals surface area contributed by atoms with Crippen molar-refractivity contribution < 1.29 is 19.1 Å². The quantitative estimate of drug-likeness (QED) is 0.447. The van der Waals surface area contributed by atoms with Gasteiger partial charge in [0.15, 0.2) is 0 Å². The summed E-state index contributed by atoms with van der Waals surface area (Å²) < 4.78 is 11.6. The molecule has 1 unspecified atom stereocenters. The van der Waals surface area contributed by atoms with Crippen molar-refractivity contribution in [2.24, 2.45) is 11.8 Å². The van der Waals surface area contributed by atoms with Crippen LogP contribution in [0.4, 0.5) is 5.69 Å². The molecule has 0 saturated carbocycles. The number of aryl methyl sites for hydroxylation is 1. The standard InChI is InChI=1S/C21H25NO4/c1-3-5-12-25-20(24)17-16-10-11-21(26-16)13-22(19(23)18(17)21)15-9-7-6-8-14(15)4-2/h6-11,16-18H,3-5,12-13H2,1-2H3/t16-,17?,18-,21+/m0/s1. The van der Waals surface area contributed by atoms with Gasteiger partial charge in [-0.25, -0.2) is 0 Å². The van der Waals surface area contributed by atoms with Gasteiger partial charge in [-0.15, -0.1) is 0 Å². The van der Waals surface area contributed by atoms with Crippen LogP contribution < -0.4 is 4.90 Å². The predicted octanol–water partition coefficient (Wildman–Crippen LogP) is 2.88. The van der Waals surface area contributed by atoms with Crippen molar-refractivity contribution in [3.8, 4) is 0 Å². The molecule has 3 aliphatic heterocycles. The maximum Gasteiger partial charge on any atom is 0.312 e.